The van der Waals surface area contributed by atoms with Crippen molar-refractivity contribution in [1.82, 2.24) is 19.7 Å². The Hall–Kier alpha value is -2.19. The number of morpholine rings is 1. The van der Waals surface area contributed by atoms with Gasteiger partial charge in [0.1, 0.15) is 24.1 Å². The van der Waals surface area contributed by atoms with Crippen LogP contribution in [0.5, 0.6) is 0 Å². The van der Waals surface area contributed by atoms with Crippen molar-refractivity contribution in [2.24, 2.45) is 0 Å². The van der Waals surface area contributed by atoms with E-state index in [0.717, 1.165) is 62.6 Å². The molecule has 2 unspecified atom stereocenters. The van der Waals surface area contributed by atoms with Crippen molar-refractivity contribution in [2.75, 3.05) is 42.6 Å². The van der Waals surface area contributed by atoms with Crippen LogP contribution >= 0.6 is 0 Å². The minimum Gasteiger partial charge on any atom is -0.394 e. The molecule has 4 heterocycles. The smallest absolute Gasteiger partial charge is 0.134 e. The van der Waals surface area contributed by atoms with E-state index in [4.69, 9.17) is 4.74 Å². The molecule has 2 aliphatic rings. The fourth-order valence-corrected chi connectivity index (χ4v) is 3.94. The fourth-order valence-electron chi connectivity index (χ4n) is 3.94. The van der Waals surface area contributed by atoms with E-state index < -0.39 is 0 Å². The molecule has 0 aromatic carbocycles. The molecule has 146 valence electrons. The van der Waals surface area contributed by atoms with Crippen molar-refractivity contribution in [3.05, 3.63) is 30.4 Å². The maximum absolute atomic E-state index is 9.70. The first kappa shape index (κ1) is 18.2. The molecule has 0 bridgehead atoms. The fraction of sp³-hybridized carbons (Fsp3) is 0.632. The lowest BCUT2D eigenvalue weighted by atomic mass is 10.0. The van der Waals surface area contributed by atoms with E-state index in [1.807, 2.05) is 16.9 Å². The van der Waals surface area contributed by atoms with Crippen LogP contribution < -0.4 is 9.80 Å². The van der Waals surface area contributed by atoms with Gasteiger partial charge in [0.25, 0.3) is 0 Å². The summed E-state index contributed by atoms with van der Waals surface area (Å²) < 4.78 is 7.90. The van der Waals surface area contributed by atoms with E-state index >= 15 is 0 Å². The Labute approximate surface area is 159 Å². The van der Waals surface area contributed by atoms with Gasteiger partial charge >= 0.3 is 0 Å². The average molecular weight is 372 g/mol. The summed E-state index contributed by atoms with van der Waals surface area (Å²) in [5.74, 6) is 1.82. The van der Waals surface area contributed by atoms with Crippen molar-refractivity contribution in [3.8, 4) is 0 Å². The SMILES string of the molecule is CCn1cc(C2CN(c3cc(N4CCCCC4CO)ncn3)CCO2)cn1. The second-order valence-electron chi connectivity index (χ2n) is 7.19. The van der Waals surface area contributed by atoms with Gasteiger partial charge in [-0.15, -0.1) is 0 Å². The highest BCUT2D eigenvalue weighted by Crippen LogP contribution is 2.28. The van der Waals surface area contributed by atoms with Crippen LogP contribution in [0, 0.1) is 0 Å². The molecule has 8 nitrogen and oxygen atoms in total. The molecule has 27 heavy (non-hydrogen) atoms. The van der Waals surface area contributed by atoms with Gasteiger partial charge in [-0.2, -0.15) is 5.10 Å². The standard InChI is InChI=1S/C19H28N6O2/c1-2-24-11-15(10-22-24)17-12-23(7-8-27-17)18-9-19(21-14-20-18)25-6-4-3-5-16(25)13-26/h9-11,14,16-17,26H,2-8,12-13H2,1H3. The van der Waals surface area contributed by atoms with E-state index in [-0.39, 0.29) is 18.8 Å². The molecule has 0 amide bonds. The molecule has 2 aromatic heterocycles. The second kappa shape index (κ2) is 8.22. The number of ether oxygens (including phenoxy) is 1. The Morgan fingerprint density at radius 2 is 2.11 bits per heavy atom. The first-order valence-electron chi connectivity index (χ1n) is 9.87. The van der Waals surface area contributed by atoms with Crippen molar-refractivity contribution < 1.29 is 9.84 Å². The summed E-state index contributed by atoms with van der Waals surface area (Å²) in [4.78, 5) is 13.5. The summed E-state index contributed by atoms with van der Waals surface area (Å²) in [5.41, 5.74) is 1.10. The van der Waals surface area contributed by atoms with Crippen molar-refractivity contribution in [3.63, 3.8) is 0 Å². The van der Waals surface area contributed by atoms with Crippen LogP contribution in [0.2, 0.25) is 0 Å². The van der Waals surface area contributed by atoms with Crippen LogP contribution in [-0.2, 0) is 11.3 Å². The van der Waals surface area contributed by atoms with Gasteiger partial charge in [0.15, 0.2) is 0 Å². The molecule has 2 aromatic rings. The zero-order valence-electron chi connectivity index (χ0n) is 15.9. The normalized spacial score (nSPS) is 23.6. The summed E-state index contributed by atoms with van der Waals surface area (Å²) >= 11 is 0. The molecule has 2 aliphatic heterocycles. The maximum atomic E-state index is 9.70. The Bertz CT molecular complexity index is 751. The number of aliphatic hydroxyl groups is 1. The van der Waals surface area contributed by atoms with Crippen LogP contribution in [0.15, 0.2) is 24.8 Å². The number of piperidine rings is 1. The van der Waals surface area contributed by atoms with Crippen LogP contribution in [0.4, 0.5) is 11.6 Å². The molecule has 2 fully saturated rings. The Morgan fingerprint density at radius 1 is 1.22 bits per heavy atom. The Balaban J connectivity index is 1.51. The first-order chi connectivity index (χ1) is 13.3. The number of aliphatic hydroxyl groups excluding tert-OH is 1. The molecule has 8 heteroatoms. The lowest BCUT2D eigenvalue weighted by molar-refractivity contribution is 0.0394. The minimum absolute atomic E-state index is 0.00218. The lowest BCUT2D eigenvalue weighted by Crippen LogP contribution is -2.43. The number of rotatable bonds is 5. The number of hydrogen-bond donors (Lipinski definition) is 1. The van der Waals surface area contributed by atoms with E-state index in [1.54, 1.807) is 6.33 Å². The quantitative estimate of drug-likeness (QED) is 0.854. The first-order valence-corrected chi connectivity index (χ1v) is 9.87. The third kappa shape index (κ3) is 3.91. The number of nitrogens with zero attached hydrogens (tertiary/aromatic N) is 6. The van der Waals surface area contributed by atoms with Gasteiger partial charge in [-0.05, 0) is 26.2 Å². The molecular weight excluding hydrogens is 344 g/mol. The number of anilines is 2. The third-order valence-corrected chi connectivity index (χ3v) is 5.51. The molecule has 0 radical (unpaired) electrons. The highest BCUT2D eigenvalue weighted by atomic mass is 16.5. The summed E-state index contributed by atoms with van der Waals surface area (Å²) in [6.07, 6.45) is 8.89. The summed E-state index contributed by atoms with van der Waals surface area (Å²) in [5, 5.41) is 14.1. The molecule has 4 rings (SSSR count). The van der Waals surface area contributed by atoms with Crippen molar-refractivity contribution in [1.29, 1.82) is 0 Å². The third-order valence-electron chi connectivity index (χ3n) is 5.51. The summed E-state index contributed by atoms with van der Waals surface area (Å²) in [6.45, 7) is 6.24. The van der Waals surface area contributed by atoms with Crippen molar-refractivity contribution >= 4 is 11.6 Å². The highest BCUT2D eigenvalue weighted by molar-refractivity contribution is 5.51. The second-order valence-corrected chi connectivity index (χ2v) is 7.19. The Kier molecular flexibility index (Phi) is 5.54. The van der Waals surface area contributed by atoms with Crippen molar-refractivity contribution in [2.45, 2.75) is 44.9 Å². The maximum Gasteiger partial charge on any atom is 0.134 e. The van der Waals surface area contributed by atoms with Gasteiger partial charge < -0.3 is 19.6 Å². The summed E-state index contributed by atoms with van der Waals surface area (Å²) in [6, 6.07) is 2.20. The van der Waals surface area contributed by atoms with E-state index in [2.05, 4.69) is 38.0 Å². The summed E-state index contributed by atoms with van der Waals surface area (Å²) in [7, 11) is 0. The zero-order chi connectivity index (χ0) is 18.6. The van der Waals surface area contributed by atoms with Gasteiger partial charge in [0.2, 0.25) is 0 Å². The molecule has 0 saturated carbocycles. The van der Waals surface area contributed by atoms with Gasteiger partial charge in [0.05, 0.1) is 25.5 Å². The van der Waals surface area contributed by atoms with Gasteiger partial charge in [0, 0.05) is 44.0 Å². The van der Waals surface area contributed by atoms with Crippen LogP contribution in [0.1, 0.15) is 37.9 Å². The van der Waals surface area contributed by atoms with Crippen LogP contribution in [0.25, 0.3) is 0 Å². The molecule has 2 saturated heterocycles. The van der Waals surface area contributed by atoms with E-state index in [9.17, 15) is 5.11 Å². The molecule has 2 atom stereocenters. The lowest BCUT2D eigenvalue weighted by Gasteiger charge is -2.37. The number of aryl methyl sites for hydroxylation is 1. The predicted molar refractivity (Wildman–Crippen MR) is 103 cm³/mol. The molecule has 0 aliphatic carbocycles. The highest BCUT2D eigenvalue weighted by Gasteiger charge is 2.26. The average Bonchev–Trinajstić information content (AvgIpc) is 3.23. The molecule has 0 spiro atoms. The van der Waals surface area contributed by atoms with E-state index in [1.165, 1.54) is 0 Å². The monoisotopic (exact) mass is 372 g/mol. The van der Waals surface area contributed by atoms with Crippen LogP contribution in [0.3, 0.4) is 0 Å². The van der Waals surface area contributed by atoms with Crippen LogP contribution in [-0.4, -0.2) is 63.7 Å². The Morgan fingerprint density at radius 3 is 2.93 bits per heavy atom. The van der Waals surface area contributed by atoms with Gasteiger partial charge in [-0.1, -0.05) is 0 Å². The predicted octanol–water partition coefficient (Wildman–Crippen LogP) is 1.62. The van der Waals surface area contributed by atoms with Gasteiger partial charge in [-0.25, -0.2) is 9.97 Å². The number of hydrogen-bond acceptors (Lipinski definition) is 7. The van der Waals surface area contributed by atoms with E-state index in [0.29, 0.717) is 6.61 Å². The molecular formula is C19H28N6O2. The number of aromatic nitrogens is 4. The largest absolute Gasteiger partial charge is 0.394 e. The van der Waals surface area contributed by atoms with Gasteiger partial charge in [-0.3, -0.25) is 4.68 Å². The minimum atomic E-state index is -0.00218. The molecule has 1 N–H and O–H groups in total. The zero-order valence-corrected chi connectivity index (χ0v) is 15.9. The topological polar surface area (TPSA) is 79.5 Å².